The van der Waals surface area contributed by atoms with Crippen LogP contribution in [0.15, 0.2) is 35.9 Å². The molecule has 0 spiro atoms. The quantitative estimate of drug-likeness (QED) is 0.120. The number of ether oxygens (including phenoxy) is 7. The molecular formula is C37H49ClN4O16. The Morgan fingerprint density at radius 1 is 1.17 bits per heavy atom. The van der Waals surface area contributed by atoms with Crippen LogP contribution in [0.1, 0.15) is 46.1 Å². The highest BCUT2D eigenvalue weighted by atomic mass is 35.5. The predicted molar refractivity (Wildman–Crippen MR) is 199 cm³/mol. The fourth-order valence-corrected chi connectivity index (χ4v) is 7.78. The predicted octanol–water partition coefficient (Wildman–Crippen LogP) is 1.02. The molecule has 1 aromatic carbocycles. The molecule has 5 rings (SSSR count). The average Bonchev–Trinajstić information content (AvgIpc) is 3.84. The van der Waals surface area contributed by atoms with Crippen LogP contribution in [0.5, 0.6) is 5.75 Å². The number of phenolic OH excluding ortho intramolecular Hbond substituents is 1. The van der Waals surface area contributed by atoms with Crippen LogP contribution in [0.2, 0.25) is 5.02 Å². The Kier molecular flexibility index (Phi) is 13.5. The number of halogens is 1. The topological polar surface area (TPSA) is 287 Å². The third-order valence-corrected chi connectivity index (χ3v) is 11.0. The number of hydrogen-bond donors (Lipinski definition) is 7. The van der Waals surface area contributed by atoms with E-state index in [-0.39, 0.29) is 23.6 Å². The molecule has 4 amide bonds. The van der Waals surface area contributed by atoms with Gasteiger partial charge in [-0.25, -0.2) is 14.4 Å². The Hall–Kier alpha value is -4.70. The second kappa shape index (κ2) is 17.7. The van der Waals surface area contributed by atoms with Crippen LogP contribution in [0, 0.1) is 5.92 Å². The molecule has 8 N–H and O–H groups in total. The molecule has 0 aromatic heterocycles. The zero-order valence-electron chi connectivity index (χ0n) is 32.6. The number of nitrogens with one attached hydrogen (secondary N) is 2. The number of aliphatic hydroxyl groups excluding tert-OH is 2. The van der Waals surface area contributed by atoms with E-state index >= 15 is 0 Å². The number of hydrogen-bond acceptors (Lipinski definition) is 16. The Morgan fingerprint density at radius 3 is 2.52 bits per heavy atom. The molecule has 3 saturated heterocycles. The Bertz CT molecular complexity index is 1830. The van der Waals surface area contributed by atoms with E-state index in [0.29, 0.717) is 11.1 Å². The number of phenols is 1. The van der Waals surface area contributed by atoms with Crippen molar-refractivity contribution in [2.75, 3.05) is 25.7 Å². The monoisotopic (exact) mass is 840 g/mol. The van der Waals surface area contributed by atoms with Gasteiger partial charge in [0, 0.05) is 33.4 Å². The molecule has 58 heavy (non-hydrogen) atoms. The van der Waals surface area contributed by atoms with E-state index in [2.05, 4.69) is 10.6 Å². The molecule has 3 fully saturated rings. The number of primary amides is 1. The number of amides is 4. The van der Waals surface area contributed by atoms with E-state index in [1.165, 1.54) is 32.4 Å². The van der Waals surface area contributed by atoms with Gasteiger partial charge >= 0.3 is 24.2 Å². The smallest absolute Gasteiger partial charge is 0.409 e. The highest BCUT2D eigenvalue weighted by Gasteiger charge is 2.65. The van der Waals surface area contributed by atoms with Gasteiger partial charge in [0.05, 0.1) is 18.2 Å². The first-order valence-corrected chi connectivity index (χ1v) is 18.7. The van der Waals surface area contributed by atoms with Gasteiger partial charge in [0.2, 0.25) is 5.91 Å². The number of nitrogens with zero attached hydrogens (tertiary/aromatic N) is 1. The van der Waals surface area contributed by atoms with Crippen molar-refractivity contribution in [2.24, 2.45) is 11.7 Å². The number of carbonyl (C=O) groups is 5. The maximum Gasteiger partial charge on any atom is 0.409 e. The molecule has 1 aromatic rings. The molecule has 12 atom stereocenters. The number of fused-ring (bicyclic) bond motifs is 5. The summed E-state index contributed by atoms with van der Waals surface area (Å²) in [7, 11) is 2.65. The van der Waals surface area contributed by atoms with Gasteiger partial charge < -0.3 is 64.6 Å². The lowest BCUT2D eigenvalue weighted by molar-refractivity contribution is -0.230. The molecule has 320 valence electrons. The lowest BCUT2D eigenvalue weighted by Crippen LogP contribution is -2.65. The van der Waals surface area contributed by atoms with Crippen molar-refractivity contribution < 1.29 is 77.6 Å². The zero-order valence-corrected chi connectivity index (χ0v) is 33.3. The number of carbonyl (C=O) groups excluding carboxylic acids is 5. The molecule has 0 saturated carbocycles. The Balaban J connectivity index is 1.67. The van der Waals surface area contributed by atoms with Crippen molar-refractivity contribution >= 4 is 47.4 Å². The third kappa shape index (κ3) is 9.43. The fourth-order valence-electron chi connectivity index (χ4n) is 7.58. The van der Waals surface area contributed by atoms with Gasteiger partial charge in [-0.05, 0) is 38.0 Å². The van der Waals surface area contributed by atoms with Crippen LogP contribution in [0.3, 0.4) is 0 Å². The second-order valence-corrected chi connectivity index (χ2v) is 15.2. The van der Waals surface area contributed by atoms with Crippen molar-refractivity contribution in [3.63, 3.8) is 0 Å². The summed E-state index contributed by atoms with van der Waals surface area (Å²) in [5, 5.41) is 50.1. The number of nitrogens with two attached hydrogens (primary N) is 1. The lowest BCUT2D eigenvalue weighted by atomic mass is 9.83. The van der Waals surface area contributed by atoms with Crippen LogP contribution >= 0.6 is 11.6 Å². The minimum Gasteiger partial charge on any atom is -0.506 e. The third-order valence-electron chi connectivity index (χ3n) is 10.6. The van der Waals surface area contributed by atoms with Crippen molar-refractivity contribution in [1.29, 1.82) is 0 Å². The first-order valence-electron chi connectivity index (χ1n) is 18.3. The molecule has 4 aliphatic rings. The van der Waals surface area contributed by atoms with Crippen LogP contribution in [0.25, 0.3) is 0 Å². The first kappa shape index (κ1) is 44.4. The number of epoxide rings is 1. The van der Waals surface area contributed by atoms with Crippen LogP contribution < -0.4 is 21.3 Å². The highest BCUT2D eigenvalue weighted by molar-refractivity contribution is 6.35. The van der Waals surface area contributed by atoms with E-state index in [4.69, 9.17) is 50.5 Å². The summed E-state index contributed by atoms with van der Waals surface area (Å²) in [6.45, 7) is 5.44. The summed E-state index contributed by atoms with van der Waals surface area (Å²) < 4.78 is 39.2. The van der Waals surface area contributed by atoms with Crippen molar-refractivity contribution in [1.82, 2.24) is 10.6 Å². The molecule has 4 aliphatic heterocycles. The molecule has 0 aliphatic carbocycles. The number of aliphatic hydroxyl groups is 3. The molecule has 21 heteroatoms. The number of rotatable bonds is 6. The summed E-state index contributed by atoms with van der Waals surface area (Å²) in [4.78, 5) is 65.0. The summed E-state index contributed by atoms with van der Waals surface area (Å²) in [6, 6.07) is 2.77. The van der Waals surface area contributed by atoms with Gasteiger partial charge in [-0.3, -0.25) is 19.8 Å². The molecule has 0 radical (unpaired) electrons. The maximum absolute atomic E-state index is 14.9. The van der Waals surface area contributed by atoms with Gasteiger partial charge in [-0.2, -0.15) is 0 Å². The molecular weight excluding hydrogens is 792 g/mol. The summed E-state index contributed by atoms with van der Waals surface area (Å²) >= 11 is 6.70. The number of allylic oxidation sites excluding steroid dienone is 3. The van der Waals surface area contributed by atoms with Crippen molar-refractivity contribution in [3.05, 3.63) is 46.5 Å². The minimum absolute atomic E-state index is 0.131. The van der Waals surface area contributed by atoms with Gasteiger partial charge in [-0.1, -0.05) is 42.3 Å². The largest absolute Gasteiger partial charge is 0.506 e. The number of anilines is 1. The van der Waals surface area contributed by atoms with Gasteiger partial charge in [0.15, 0.2) is 18.1 Å². The number of benzene rings is 1. The zero-order chi connectivity index (χ0) is 42.9. The SMILES string of the molecule is CNC(=O)OC1CC(=O)N(C2OC(COC(C)=O)C(OC(N)=O)C(O)C2O)c2cc(cc(O)c2Cl)CC(C)=CC=CC(OC)C2(O)CC(OC(=O)N2)C(C)C2OC12C. The summed E-state index contributed by atoms with van der Waals surface area (Å²) in [5.41, 5.74) is 2.71. The van der Waals surface area contributed by atoms with E-state index in [0.717, 1.165) is 11.8 Å². The molecule has 20 nitrogen and oxygen atoms in total. The second-order valence-electron chi connectivity index (χ2n) is 14.8. The number of alkyl carbamates (subject to hydrolysis) is 2. The van der Waals surface area contributed by atoms with Crippen molar-refractivity contribution in [2.45, 2.75) is 113 Å². The minimum atomic E-state index is -2.07. The van der Waals surface area contributed by atoms with Crippen LogP contribution in [0.4, 0.5) is 20.1 Å². The van der Waals surface area contributed by atoms with E-state index in [1.807, 2.05) is 0 Å². The van der Waals surface area contributed by atoms with Gasteiger partial charge in [0.25, 0.3) is 0 Å². The molecule has 4 heterocycles. The summed E-state index contributed by atoms with van der Waals surface area (Å²) in [6.07, 6.45) is -12.6. The maximum atomic E-state index is 14.9. The fraction of sp³-hybridized carbons (Fsp3) is 0.595. The Labute approximate surface area is 338 Å². The van der Waals surface area contributed by atoms with Crippen LogP contribution in [-0.4, -0.2) is 138 Å². The lowest BCUT2D eigenvalue weighted by Gasteiger charge is -2.46. The van der Waals surface area contributed by atoms with E-state index in [9.17, 15) is 44.4 Å². The highest BCUT2D eigenvalue weighted by Crippen LogP contribution is 2.49. The molecule has 4 bridgehead atoms. The van der Waals surface area contributed by atoms with Gasteiger partial charge in [-0.15, -0.1) is 0 Å². The van der Waals surface area contributed by atoms with Crippen LogP contribution in [-0.2, 0) is 49.2 Å². The van der Waals surface area contributed by atoms with Gasteiger partial charge in [0.1, 0.15) is 59.6 Å². The van der Waals surface area contributed by atoms with E-state index in [1.54, 1.807) is 32.9 Å². The van der Waals surface area contributed by atoms with E-state index < -0.39 is 121 Å². The molecule has 12 unspecified atom stereocenters. The Morgan fingerprint density at radius 2 is 1.88 bits per heavy atom. The standard InChI is InChI=1S/C37H49ClN4O16/c1-16-8-7-9-24(52-6)37(51)14-22(55-35(50)41-37)17(2)31-36(4,58-31)25(56-34(49)40-5)13-26(45)42(20-11-19(10-16)12-21(44)27(20)38)32-29(47)28(46)30(57-33(39)48)23(54-32)15-53-18(3)43/h7-9,11-12,17,22-25,28-32,44,46-47,51H,10,13-15H2,1-6H3,(H2,39,48)(H,40,49)(H,41,50). The first-order chi connectivity index (χ1) is 27.2. The number of methoxy groups -OCH3 is 1. The average molecular weight is 841 g/mol. The number of esters is 1. The van der Waals surface area contributed by atoms with Crippen molar-refractivity contribution in [3.8, 4) is 5.75 Å². The summed E-state index contributed by atoms with van der Waals surface area (Å²) in [5.74, 6) is -2.90. The number of aromatic hydroxyl groups is 1. The normalized spacial score (nSPS) is 35.3.